The Morgan fingerprint density at radius 1 is 1.30 bits per heavy atom. The highest BCUT2D eigenvalue weighted by atomic mass is 16.2. The number of piperazine rings is 1. The maximum absolute atomic E-state index is 12.4. The molecule has 1 aromatic heterocycles. The van der Waals surface area contributed by atoms with E-state index < -0.39 is 11.8 Å². The van der Waals surface area contributed by atoms with Gasteiger partial charge >= 0.3 is 0 Å². The van der Waals surface area contributed by atoms with E-state index in [1.807, 2.05) is 6.92 Å². The molecule has 0 aliphatic carbocycles. The summed E-state index contributed by atoms with van der Waals surface area (Å²) in [5.41, 5.74) is 4.87. The van der Waals surface area contributed by atoms with Crippen LogP contribution in [0.1, 0.15) is 27.9 Å². The molecule has 2 N–H and O–H groups in total. The van der Waals surface area contributed by atoms with Gasteiger partial charge in [-0.15, -0.1) is 0 Å². The molecule has 1 aliphatic rings. The molecular weight excluding hydrogens is 262 g/mol. The number of hydrogen-bond donors (Lipinski definition) is 1. The Kier molecular flexibility index (Phi) is 3.64. The number of likely N-dealkylation sites (N-methyl/N-ethyl adjacent to an activating group) is 1. The van der Waals surface area contributed by atoms with Crippen LogP contribution in [-0.2, 0) is 4.79 Å². The lowest BCUT2D eigenvalue weighted by Gasteiger charge is -2.37. The van der Waals surface area contributed by atoms with Crippen molar-refractivity contribution in [3.05, 3.63) is 23.8 Å². The van der Waals surface area contributed by atoms with E-state index >= 15 is 0 Å². The summed E-state index contributed by atoms with van der Waals surface area (Å²) in [6, 6.07) is -0.103. The van der Waals surface area contributed by atoms with E-state index in [-0.39, 0.29) is 29.9 Å². The van der Waals surface area contributed by atoms with Crippen molar-refractivity contribution in [3.63, 3.8) is 0 Å². The minimum atomic E-state index is -0.824. The first-order valence-electron chi connectivity index (χ1n) is 6.07. The fraction of sp³-hybridized carbons (Fsp3) is 0.417. The van der Waals surface area contributed by atoms with Gasteiger partial charge in [0.25, 0.3) is 11.8 Å². The van der Waals surface area contributed by atoms with Crippen LogP contribution in [0.3, 0.4) is 0 Å². The fourth-order valence-electron chi connectivity index (χ4n) is 2.01. The summed E-state index contributed by atoms with van der Waals surface area (Å²) in [5.74, 6) is -1.50. The number of rotatable bonds is 2. The second-order valence-corrected chi connectivity index (χ2v) is 4.66. The minimum Gasteiger partial charge on any atom is -0.364 e. The van der Waals surface area contributed by atoms with Gasteiger partial charge in [-0.1, -0.05) is 0 Å². The average Bonchev–Trinajstić information content (AvgIpc) is 2.43. The molecule has 1 aromatic rings. The van der Waals surface area contributed by atoms with Gasteiger partial charge < -0.3 is 15.5 Å². The summed E-state index contributed by atoms with van der Waals surface area (Å²) in [6.45, 7) is 2.16. The summed E-state index contributed by atoms with van der Waals surface area (Å²) < 4.78 is 0. The van der Waals surface area contributed by atoms with Crippen molar-refractivity contribution >= 4 is 17.7 Å². The topological polar surface area (TPSA) is 109 Å². The van der Waals surface area contributed by atoms with Crippen LogP contribution in [0, 0.1) is 0 Å². The van der Waals surface area contributed by atoms with E-state index in [0.717, 1.165) is 0 Å². The Labute approximate surface area is 115 Å². The van der Waals surface area contributed by atoms with E-state index in [9.17, 15) is 14.4 Å². The third kappa shape index (κ3) is 2.44. The van der Waals surface area contributed by atoms with Crippen LogP contribution < -0.4 is 5.73 Å². The van der Waals surface area contributed by atoms with Gasteiger partial charge in [0.1, 0.15) is 6.54 Å². The zero-order chi connectivity index (χ0) is 14.9. The molecule has 1 unspecified atom stereocenters. The number of nitrogens with two attached hydrogens (primary N) is 1. The molecule has 0 aromatic carbocycles. The number of nitrogens with zero attached hydrogens (tertiary/aromatic N) is 4. The van der Waals surface area contributed by atoms with Crippen LogP contribution >= 0.6 is 0 Å². The first-order chi connectivity index (χ1) is 9.41. The number of primary amides is 1. The molecule has 20 heavy (non-hydrogen) atoms. The lowest BCUT2D eigenvalue weighted by atomic mass is 10.1. The summed E-state index contributed by atoms with van der Waals surface area (Å²) >= 11 is 0. The van der Waals surface area contributed by atoms with Crippen LogP contribution in [-0.4, -0.2) is 63.7 Å². The highest BCUT2D eigenvalue weighted by molar-refractivity contribution is 6.04. The Bertz CT molecular complexity index is 574. The molecule has 1 atom stereocenters. The van der Waals surface area contributed by atoms with Gasteiger partial charge in [-0.3, -0.25) is 14.4 Å². The maximum Gasteiger partial charge on any atom is 0.275 e. The second-order valence-electron chi connectivity index (χ2n) is 4.66. The summed E-state index contributed by atoms with van der Waals surface area (Å²) in [5, 5.41) is 0. The zero-order valence-electron chi connectivity index (χ0n) is 11.2. The van der Waals surface area contributed by atoms with E-state index in [4.69, 9.17) is 5.73 Å². The number of carbonyl (C=O) groups excluding carboxylic acids is 3. The average molecular weight is 277 g/mol. The fourth-order valence-corrected chi connectivity index (χ4v) is 2.01. The molecule has 0 radical (unpaired) electrons. The molecule has 8 nitrogen and oxygen atoms in total. The van der Waals surface area contributed by atoms with Crippen molar-refractivity contribution in [2.24, 2.45) is 5.73 Å². The van der Waals surface area contributed by atoms with Crippen molar-refractivity contribution in [3.8, 4) is 0 Å². The first kappa shape index (κ1) is 13.9. The number of carbonyl (C=O) groups is 3. The largest absolute Gasteiger partial charge is 0.364 e. The van der Waals surface area contributed by atoms with Gasteiger partial charge in [0.2, 0.25) is 5.91 Å². The molecule has 0 saturated carbocycles. The lowest BCUT2D eigenvalue weighted by molar-refractivity contribution is -0.136. The summed E-state index contributed by atoms with van der Waals surface area (Å²) in [6.07, 6.45) is 2.59. The van der Waals surface area contributed by atoms with Gasteiger partial charge in [-0.05, 0) is 6.92 Å². The normalized spacial score (nSPS) is 19.1. The lowest BCUT2D eigenvalue weighted by Crippen LogP contribution is -2.55. The molecular formula is C12H15N5O3. The SMILES string of the molecule is CC1CN(C(=O)c2nccnc2C(N)=O)CC(=O)N1C. The van der Waals surface area contributed by atoms with Gasteiger partial charge in [0, 0.05) is 32.0 Å². The van der Waals surface area contributed by atoms with Crippen LogP contribution in [0.2, 0.25) is 0 Å². The predicted molar refractivity (Wildman–Crippen MR) is 68.7 cm³/mol. The van der Waals surface area contributed by atoms with E-state index in [0.29, 0.717) is 6.54 Å². The maximum atomic E-state index is 12.4. The van der Waals surface area contributed by atoms with Crippen molar-refractivity contribution in [2.75, 3.05) is 20.1 Å². The first-order valence-corrected chi connectivity index (χ1v) is 6.07. The van der Waals surface area contributed by atoms with Crippen LogP contribution in [0.4, 0.5) is 0 Å². The van der Waals surface area contributed by atoms with Crippen molar-refractivity contribution < 1.29 is 14.4 Å². The third-order valence-electron chi connectivity index (χ3n) is 3.29. The van der Waals surface area contributed by atoms with Crippen molar-refractivity contribution in [2.45, 2.75) is 13.0 Å². The predicted octanol–water partition coefficient (Wildman–Crippen LogP) is -1.12. The molecule has 2 rings (SSSR count). The summed E-state index contributed by atoms with van der Waals surface area (Å²) in [7, 11) is 1.69. The highest BCUT2D eigenvalue weighted by Crippen LogP contribution is 2.13. The Morgan fingerprint density at radius 2 is 1.90 bits per heavy atom. The molecule has 1 aliphatic heterocycles. The molecule has 1 saturated heterocycles. The molecule has 106 valence electrons. The van der Waals surface area contributed by atoms with Crippen LogP contribution in [0.15, 0.2) is 12.4 Å². The molecule has 3 amide bonds. The van der Waals surface area contributed by atoms with E-state index in [1.54, 1.807) is 11.9 Å². The molecule has 8 heteroatoms. The Hall–Kier alpha value is -2.51. The van der Waals surface area contributed by atoms with Crippen LogP contribution in [0.25, 0.3) is 0 Å². The van der Waals surface area contributed by atoms with Gasteiger partial charge in [0.05, 0.1) is 0 Å². The molecule has 0 spiro atoms. The molecule has 1 fully saturated rings. The quantitative estimate of drug-likeness (QED) is 0.736. The summed E-state index contributed by atoms with van der Waals surface area (Å²) in [4.78, 5) is 46.0. The monoisotopic (exact) mass is 277 g/mol. The van der Waals surface area contributed by atoms with Crippen molar-refractivity contribution in [1.82, 2.24) is 19.8 Å². The highest BCUT2D eigenvalue weighted by Gasteiger charge is 2.32. The minimum absolute atomic E-state index is 0.0472. The number of aromatic nitrogens is 2. The van der Waals surface area contributed by atoms with Gasteiger partial charge in [-0.2, -0.15) is 0 Å². The Balaban J connectivity index is 2.29. The standard InChI is InChI=1S/C12H15N5O3/c1-7-5-17(6-8(18)16(7)2)12(20)10-9(11(13)19)14-3-4-15-10/h3-4,7H,5-6H2,1-2H3,(H2,13,19). The van der Waals surface area contributed by atoms with Crippen LogP contribution in [0.5, 0.6) is 0 Å². The van der Waals surface area contributed by atoms with Gasteiger partial charge in [0.15, 0.2) is 11.4 Å². The van der Waals surface area contributed by atoms with Crippen molar-refractivity contribution in [1.29, 1.82) is 0 Å². The third-order valence-corrected chi connectivity index (χ3v) is 3.29. The van der Waals surface area contributed by atoms with E-state index in [1.165, 1.54) is 17.3 Å². The smallest absolute Gasteiger partial charge is 0.275 e. The number of hydrogen-bond acceptors (Lipinski definition) is 5. The molecule has 0 bridgehead atoms. The number of amides is 3. The van der Waals surface area contributed by atoms with Gasteiger partial charge in [-0.25, -0.2) is 9.97 Å². The molecule has 2 heterocycles. The Morgan fingerprint density at radius 3 is 2.45 bits per heavy atom. The van der Waals surface area contributed by atoms with E-state index in [2.05, 4.69) is 9.97 Å². The zero-order valence-corrected chi connectivity index (χ0v) is 11.2. The second kappa shape index (κ2) is 5.24.